The molecule has 0 saturated carbocycles. The molecule has 0 amide bonds. The first kappa shape index (κ1) is 13.5. The standard InChI is InChI=1S/C14H19NO2S/c1-4-14(2,17-3)12(16)9-13-15-10-7-5-6-8-11(10)18-13/h5-8,12,16H,4,9H2,1-3H3. The van der Waals surface area contributed by atoms with Crippen molar-refractivity contribution in [3.8, 4) is 0 Å². The number of aliphatic hydroxyl groups is 1. The Kier molecular flexibility index (Phi) is 4.00. The molecular weight excluding hydrogens is 246 g/mol. The van der Waals surface area contributed by atoms with Crippen LogP contribution in [0.2, 0.25) is 0 Å². The third kappa shape index (κ3) is 2.55. The van der Waals surface area contributed by atoms with Gasteiger partial charge in [-0.05, 0) is 25.5 Å². The molecule has 0 saturated heterocycles. The van der Waals surface area contributed by atoms with Gasteiger partial charge in [0.25, 0.3) is 0 Å². The molecule has 0 aliphatic rings. The maximum atomic E-state index is 10.3. The number of thiazole rings is 1. The van der Waals surface area contributed by atoms with Crippen molar-refractivity contribution in [2.45, 2.75) is 38.4 Å². The van der Waals surface area contributed by atoms with Crippen LogP contribution in [0, 0.1) is 0 Å². The van der Waals surface area contributed by atoms with Crippen molar-refractivity contribution in [2.24, 2.45) is 0 Å². The topological polar surface area (TPSA) is 42.4 Å². The molecule has 2 aromatic rings. The summed E-state index contributed by atoms with van der Waals surface area (Å²) in [6, 6.07) is 8.04. The highest BCUT2D eigenvalue weighted by molar-refractivity contribution is 7.18. The van der Waals surface area contributed by atoms with Crippen LogP contribution in [0.3, 0.4) is 0 Å². The van der Waals surface area contributed by atoms with Crippen molar-refractivity contribution in [3.63, 3.8) is 0 Å². The molecule has 0 bridgehead atoms. The normalized spacial score (nSPS) is 16.7. The summed E-state index contributed by atoms with van der Waals surface area (Å²) in [6.07, 6.45) is 0.778. The predicted octanol–water partition coefficient (Wildman–Crippen LogP) is 3.01. The second kappa shape index (κ2) is 5.34. The summed E-state index contributed by atoms with van der Waals surface area (Å²) in [7, 11) is 1.64. The van der Waals surface area contributed by atoms with Gasteiger partial charge in [0.2, 0.25) is 0 Å². The third-order valence-corrected chi connectivity index (χ3v) is 4.64. The molecule has 0 aliphatic carbocycles. The number of rotatable bonds is 5. The number of hydrogen-bond donors (Lipinski definition) is 1. The first-order chi connectivity index (χ1) is 8.59. The predicted molar refractivity (Wildman–Crippen MR) is 75.0 cm³/mol. The minimum absolute atomic E-state index is 0.502. The monoisotopic (exact) mass is 265 g/mol. The zero-order valence-electron chi connectivity index (χ0n) is 11.0. The lowest BCUT2D eigenvalue weighted by atomic mass is 9.93. The van der Waals surface area contributed by atoms with Gasteiger partial charge in [0.05, 0.1) is 26.9 Å². The molecule has 2 unspecified atom stereocenters. The van der Waals surface area contributed by atoms with Gasteiger partial charge in [0.1, 0.15) is 0 Å². The number of methoxy groups -OCH3 is 1. The van der Waals surface area contributed by atoms with Gasteiger partial charge in [0, 0.05) is 13.5 Å². The molecule has 0 radical (unpaired) electrons. The second-order valence-electron chi connectivity index (χ2n) is 4.67. The average Bonchev–Trinajstić information content (AvgIpc) is 2.79. The molecule has 1 N–H and O–H groups in total. The third-order valence-electron chi connectivity index (χ3n) is 3.58. The van der Waals surface area contributed by atoms with Crippen LogP contribution in [0.25, 0.3) is 10.2 Å². The highest BCUT2D eigenvalue weighted by Crippen LogP contribution is 2.26. The molecule has 1 heterocycles. The first-order valence-electron chi connectivity index (χ1n) is 6.16. The Balaban J connectivity index is 2.18. The van der Waals surface area contributed by atoms with E-state index in [2.05, 4.69) is 11.1 Å². The van der Waals surface area contributed by atoms with Crippen molar-refractivity contribution in [3.05, 3.63) is 29.3 Å². The molecule has 2 rings (SSSR count). The lowest BCUT2D eigenvalue weighted by molar-refractivity contribution is -0.0914. The van der Waals surface area contributed by atoms with Gasteiger partial charge in [-0.3, -0.25) is 0 Å². The largest absolute Gasteiger partial charge is 0.390 e. The minimum Gasteiger partial charge on any atom is -0.390 e. The zero-order chi connectivity index (χ0) is 13.2. The molecule has 3 nitrogen and oxygen atoms in total. The van der Waals surface area contributed by atoms with Crippen LogP contribution in [0.15, 0.2) is 24.3 Å². The van der Waals surface area contributed by atoms with Crippen LogP contribution in [-0.2, 0) is 11.2 Å². The van der Waals surface area contributed by atoms with Crippen LogP contribution in [0.1, 0.15) is 25.3 Å². The van der Waals surface area contributed by atoms with Crippen LogP contribution in [0.5, 0.6) is 0 Å². The number of nitrogens with zero attached hydrogens (tertiary/aromatic N) is 1. The number of aliphatic hydroxyl groups excluding tert-OH is 1. The molecule has 2 atom stereocenters. The Morgan fingerprint density at radius 2 is 2.17 bits per heavy atom. The summed E-state index contributed by atoms with van der Waals surface area (Å²) in [6.45, 7) is 3.95. The summed E-state index contributed by atoms with van der Waals surface area (Å²) < 4.78 is 6.58. The van der Waals surface area contributed by atoms with E-state index in [1.54, 1.807) is 18.4 Å². The van der Waals surface area contributed by atoms with Crippen LogP contribution >= 0.6 is 11.3 Å². The highest BCUT2D eigenvalue weighted by atomic mass is 32.1. The molecule has 98 valence electrons. The Hall–Kier alpha value is -0.970. The average molecular weight is 265 g/mol. The maximum Gasteiger partial charge on any atom is 0.0965 e. The van der Waals surface area contributed by atoms with Gasteiger partial charge < -0.3 is 9.84 Å². The van der Waals surface area contributed by atoms with E-state index in [9.17, 15) is 5.11 Å². The summed E-state index contributed by atoms with van der Waals surface area (Å²) in [5.74, 6) is 0. The van der Waals surface area contributed by atoms with E-state index in [0.717, 1.165) is 21.6 Å². The van der Waals surface area contributed by atoms with Crippen molar-refractivity contribution >= 4 is 21.6 Å². The Bertz CT molecular complexity index is 486. The number of benzene rings is 1. The van der Waals surface area contributed by atoms with Crippen molar-refractivity contribution < 1.29 is 9.84 Å². The van der Waals surface area contributed by atoms with E-state index < -0.39 is 11.7 Å². The van der Waals surface area contributed by atoms with Gasteiger partial charge in [-0.1, -0.05) is 19.1 Å². The quantitative estimate of drug-likeness (QED) is 0.903. The first-order valence-corrected chi connectivity index (χ1v) is 6.98. The van der Waals surface area contributed by atoms with Crippen LogP contribution in [0.4, 0.5) is 0 Å². The Morgan fingerprint density at radius 3 is 2.78 bits per heavy atom. The highest BCUT2D eigenvalue weighted by Gasteiger charge is 2.31. The van der Waals surface area contributed by atoms with Crippen molar-refractivity contribution in [1.29, 1.82) is 0 Å². The van der Waals surface area contributed by atoms with Crippen LogP contribution < -0.4 is 0 Å². The summed E-state index contributed by atoms with van der Waals surface area (Å²) >= 11 is 1.64. The summed E-state index contributed by atoms with van der Waals surface area (Å²) in [5, 5.41) is 11.2. The SMILES string of the molecule is CCC(C)(OC)C(O)Cc1nc2ccccc2s1. The molecular formula is C14H19NO2S. The molecule has 0 spiro atoms. The van der Waals surface area contributed by atoms with Gasteiger partial charge in [-0.2, -0.15) is 0 Å². The smallest absolute Gasteiger partial charge is 0.0965 e. The Labute approximate surface area is 111 Å². The number of ether oxygens (including phenoxy) is 1. The molecule has 4 heteroatoms. The van der Waals surface area contributed by atoms with Gasteiger partial charge >= 0.3 is 0 Å². The van der Waals surface area contributed by atoms with Gasteiger partial charge in [-0.25, -0.2) is 4.98 Å². The zero-order valence-corrected chi connectivity index (χ0v) is 11.8. The number of fused-ring (bicyclic) bond motifs is 1. The van der Waals surface area contributed by atoms with E-state index in [-0.39, 0.29) is 0 Å². The number of hydrogen-bond acceptors (Lipinski definition) is 4. The minimum atomic E-state index is -0.534. The lowest BCUT2D eigenvalue weighted by Gasteiger charge is -2.31. The molecule has 0 fully saturated rings. The van der Waals surface area contributed by atoms with E-state index >= 15 is 0 Å². The van der Waals surface area contributed by atoms with Crippen molar-refractivity contribution in [2.75, 3.05) is 7.11 Å². The van der Waals surface area contributed by atoms with Gasteiger partial charge in [-0.15, -0.1) is 11.3 Å². The fourth-order valence-electron chi connectivity index (χ4n) is 1.90. The van der Waals surface area contributed by atoms with Crippen LogP contribution in [-0.4, -0.2) is 28.9 Å². The van der Waals surface area contributed by atoms with E-state index in [0.29, 0.717) is 6.42 Å². The molecule has 1 aromatic heterocycles. The maximum absolute atomic E-state index is 10.3. The number of aromatic nitrogens is 1. The summed E-state index contributed by atoms with van der Waals surface area (Å²) in [5.41, 5.74) is 0.498. The van der Waals surface area contributed by atoms with E-state index in [1.807, 2.05) is 32.0 Å². The van der Waals surface area contributed by atoms with E-state index in [4.69, 9.17) is 4.74 Å². The van der Waals surface area contributed by atoms with E-state index in [1.165, 1.54) is 0 Å². The van der Waals surface area contributed by atoms with Gasteiger partial charge in [0.15, 0.2) is 0 Å². The molecule has 0 aliphatic heterocycles. The van der Waals surface area contributed by atoms with Crippen molar-refractivity contribution in [1.82, 2.24) is 4.98 Å². The lowest BCUT2D eigenvalue weighted by Crippen LogP contribution is -2.41. The molecule has 18 heavy (non-hydrogen) atoms. The Morgan fingerprint density at radius 1 is 1.44 bits per heavy atom. The molecule has 1 aromatic carbocycles. The number of para-hydroxylation sites is 1. The fourth-order valence-corrected chi connectivity index (χ4v) is 2.91. The second-order valence-corrected chi connectivity index (χ2v) is 5.78. The summed E-state index contributed by atoms with van der Waals surface area (Å²) in [4.78, 5) is 4.54. The fraction of sp³-hybridized carbons (Fsp3) is 0.500.